The molecule has 0 fully saturated rings. The van der Waals surface area contributed by atoms with Crippen LogP contribution in [-0.2, 0) is 9.59 Å². The molecule has 6 nitrogen and oxygen atoms in total. The van der Waals surface area contributed by atoms with Crippen molar-refractivity contribution in [3.8, 4) is 5.75 Å². The van der Waals surface area contributed by atoms with Gasteiger partial charge in [0.25, 0.3) is 0 Å². The van der Waals surface area contributed by atoms with Crippen LogP contribution < -0.4 is 10.7 Å². The van der Waals surface area contributed by atoms with E-state index in [1.807, 2.05) is 0 Å². The lowest BCUT2D eigenvalue weighted by molar-refractivity contribution is -0.136. The zero-order valence-corrected chi connectivity index (χ0v) is 13.1. The number of hydrogen-bond acceptors (Lipinski definition) is 4. The summed E-state index contributed by atoms with van der Waals surface area (Å²) >= 11 is 11.5. The SMILES string of the molecule is O=C(N/N=C\c1ccc(O)c(Cl)c1)C(=O)Nc1cccc(Cl)c1. The van der Waals surface area contributed by atoms with Crippen LogP contribution >= 0.6 is 23.2 Å². The van der Waals surface area contributed by atoms with E-state index in [0.717, 1.165) is 0 Å². The van der Waals surface area contributed by atoms with Crippen LogP contribution in [0, 0.1) is 0 Å². The predicted molar refractivity (Wildman–Crippen MR) is 88.9 cm³/mol. The molecule has 0 atom stereocenters. The Morgan fingerprint density at radius 3 is 2.57 bits per heavy atom. The number of hydrogen-bond donors (Lipinski definition) is 3. The summed E-state index contributed by atoms with van der Waals surface area (Å²) in [6.07, 6.45) is 1.29. The van der Waals surface area contributed by atoms with Crippen LogP contribution in [-0.4, -0.2) is 23.1 Å². The molecule has 2 aromatic rings. The van der Waals surface area contributed by atoms with Gasteiger partial charge in [0.05, 0.1) is 11.2 Å². The monoisotopic (exact) mass is 351 g/mol. The molecule has 0 heterocycles. The molecule has 0 aliphatic carbocycles. The summed E-state index contributed by atoms with van der Waals surface area (Å²) in [5.74, 6) is -1.88. The van der Waals surface area contributed by atoms with Crippen LogP contribution in [0.2, 0.25) is 10.0 Å². The van der Waals surface area contributed by atoms with Gasteiger partial charge in [-0.15, -0.1) is 0 Å². The first kappa shape index (κ1) is 16.8. The van der Waals surface area contributed by atoms with Gasteiger partial charge < -0.3 is 10.4 Å². The molecule has 118 valence electrons. The Bertz CT molecular complexity index is 778. The second-order valence-corrected chi connectivity index (χ2v) is 5.22. The summed E-state index contributed by atoms with van der Waals surface area (Å²) in [7, 11) is 0. The first-order valence-corrected chi connectivity index (χ1v) is 7.10. The number of aromatic hydroxyl groups is 1. The van der Waals surface area contributed by atoms with Crippen molar-refractivity contribution in [2.24, 2.45) is 5.10 Å². The molecule has 0 spiro atoms. The average Bonchev–Trinajstić information content (AvgIpc) is 2.50. The van der Waals surface area contributed by atoms with Gasteiger partial charge in [-0.3, -0.25) is 9.59 Å². The van der Waals surface area contributed by atoms with Gasteiger partial charge in [-0.25, -0.2) is 5.43 Å². The fourth-order valence-corrected chi connectivity index (χ4v) is 1.95. The highest BCUT2D eigenvalue weighted by atomic mass is 35.5. The highest BCUT2D eigenvalue weighted by Gasteiger charge is 2.12. The summed E-state index contributed by atoms with van der Waals surface area (Å²) in [4.78, 5) is 23.3. The Kier molecular flexibility index (Phi) is 5.56. The topological polar surface area (TPSA) is 90.8 Å². The minimum absolute atomic E-state index is 0.0613. The van der Waals surface area contributed by atoms with E-state index in [9.17, 15) is 14.7 Å². The molecule has 0 aliphatic rings. The number of rotatable bonds is 3. The maximum absolute atomic E-state index is 11.7. The van der Waals surface area contributed by atoms with E-state index in [1.54, 1.807) is 24.3 Å². The lowest BCUT2D eigenvalue weighted by atomic mass is 10.2. The maximum atomic E-state index is 11.7. The molecule has 0 saturated heterocycles. The molecule has 0 saturated carbocycles. The second kappa shape index (κ2) is 7.62. The van der Waals surface area contributed by atoms with Gasteiger partial charge in [0.2, 0.25) is 0 Å². The van der Waals surface area contributed by atoms with E-state index < -0.39 is 11.8 Å². The predicted octanol–water partition coefficient (Wildman–Crippen LogP) is 2.79. The van der Waals surface area contributed by atoms with Crippen molar-refractivity contribution in [1.29, 1.82) is 0 Å². The summed E-state index contributed by atoms with van der Waals surface area (Å²) in [6.45, 7) is 0. The van der Waals surface area contributed by atoms with Gasteiger partial charge in [-0.2, -0.15) is 5.10 Å². The molecule has 0 aromatic heterocycles. The fraction of sp³-hybridized carbons (Fsp3) is 0. The molecule has 23 heavy (non-hydrogen) atoms. The normalized spacial score (nSPS) is 10.5. The molecule has 3 N–H and O–H groups in total. The van der Waals surface area contributed by atoms with Crippen molar-refractivity contribution in [1.82, 2.24) is 5.43 Å². The number of phenols is 1. The molecule has 2 rings (SSSR count). The van der Waals surface area contributed by atoms with Crippen molar-refractivity contribution in [3.05, 3.63) is 58.1 Å². The third kappa shape index (κ3) is 4.98. The van der Waals surface area contributed by atoms with Crippen LogP contribution in [0.15, 0.2) is 47.6 Å². The molecule has 2 aromatic carbocycles. The van der Waals surface area contributed by atoms with Gasteiger partial charge in [0.15, 0.2) is 0 Å². The van der Waals surface area contributed by atoms with Gasteiger partial charge >= 0.3 is 11.8 Å². The number of nitrogens with one attached hydrogen (secondary N) is 2. The van der Waals surface area contributed by atoms with Crippen molar-refractivity contribution in [3.63, 3.8) is 0 Å². The molecule has 0 unspecified atom stereocenters. The summed E-state index contributed by atoms with van der Waals surface area (Å²) < 4.78 is 0. The van der Waals surface area contributed by atoms with E-state index in [2.05, 4.69) is 15.8 Å². The first-order valence-electron chi connectivity index (χ1n) is 6.34. The van der Waals surface area contributed by atoms with Crippen LogP contribution in [0.4, 0.5) is 5.69 Å². The van der Waals surface area contributed by atoms with Crippen LogP contribution in [0.5, 0.6) is 5.75 Å². The Labute approximate surface area is 141 Å². The van der Waals surface area contributed by atoms with E-state index in [0.29, 0.717) is 16.3 Å². The quantitative estimate of drug-likeness (QED) is 0.451. The van der Waals surface area contributed by atoms with Gasteiger partial charge in [0.1, 0.15) is 5.75 Å². The largest absolute Gasteiger partial charge is 0.506 e. The number of benzene rings is 2. The summed E-state index contributed by atoms with van der Waals surface area (Å²) in [5, 5.41) is 15.9. The lowest BCUT2D eigenvalue weighted by Crippen LogP contribution is -2.32. The second-order valence-electron chi connectivity index (χ2n) is 4.37. The molecule has 2 amide bonds. The summed E-state index contributed by atoms with van der Waals surface area (Å²) in [6, 6.07) is 10.8. The van der Waals surface area contributed by atoms with E-state index in [1.165, 1.54) is 24.4 Å². The Hall–Kier alpha value is -2.57. The highest BCUT2D eigenvalue weighted by molar-refractivity contribution is 6.39. The van der Waals surface area contributed by atoms with Gasteiger partial charge in [0, 0.05) is 10.7 Å². The van der Waals surface area contributed by atoms with Crippen molar-refractivity contribution >= 4 is 46.9 Å². The minimum atomic E-state index is -0.939. The number of carbonyl (C=O) groups excluding carboxylic acids is 2. The number of anilines is 1. The van der Waals surface area contributed by atoms with E-state index in [-0.39, 0.29) is 10.8 Å². The molecule has 0 radical (unpaired) electrons. The zero-order chi connectivity index (χ0) is 16.8. The molecular formula is C15H11Cl2N3O3. The summed E-state index contributed by atoms with van der Waals surface area (Å²) in [5.41, 5.74) is 3.02. The van der Waals surface area contributed by atoms with E-state index >= 15 is 0 Å². The molecular weight excluding hydrogens is 341 g/mol. The van der Waals surface area contributed by atoms with Crippen LogP contribution in [0.3, 0.4) is 0 Å². The first-order chi connectivity index (χ1) is 11.0. The van der Waals surface area contributed by atoms with Crippen LogP contribution in [0.1, 0.15) is 5.56 Å². The number of amides is 2. The van der Waals surface area contributed by atoms with Gasteiger partial charge in [-0.05, 0) is 42.0 Å². The third-order valence-corrected chi connectivity index (χ3v) is 3.18. The Morgan fingerprint density at radius 1 is 1.09 bits per heavy atom. The maximum Gasteiger partial charge on any atom is 0.329 e. The van der Waals surface area contributed by atoms with Crippen LogP contribution in [0.25, 0.3) is 0 Å². The molecule has 8 heteroatoms. The Balaban J connectivity index is 1.92. The number of carbonyl (C=O) groups is 2. The number of nitrogens with zero attached hydrogens (tertiary/aromatic N) is 1. The number of hydrazone groups is 1. The number of phenolic OH excluding ortho intramolecular Hbond substituents is 1. The fourth-order valence-electron chi connectivity index (χ4n) is 1.57. The van der Waals surface area contributed by atoms with Crippen molar-refractivity contribution in [2.45, 2.75) is 0 Å². The minimum Gasteiger partial charge on any atom is -0.506 e. The third-order valence-electron chi connectivity index (χ3n) is 2.64. The highest BCUT2D eigenvalue weighted by Crippen LogP contribution is 2.22. The van der Waals surface area contributed by atoms with Crippen molar-refractivity contribution < 1.29 is 14.7 Å². The standard InChI is InChI=1S/C15H11Cl2N3O3/c16-10-2-1-3-11(7-10)19-14(22)15(23)20-18-8-9-4-5-13(21)12(17)6-9/h1-8,21H,(H,19,22)(H,20,23)/b18-8-. The van der Waals surface area contributed by atoms with Crippen molar-refractivity contribution in [2.75, 3.05) is 5.32 Å². The molecule has 0 bridgehead atoms. The average molecular weight is 352 g/mol. The zero-order valence-electron chi connectivity index (χ0n) is 11.6. The molecule has 0 aliphatic heterocycles. The lowest BCUT2D eigenvalue weighted by Gasteiger charge is -2.04. The Morgan fingerprint density at radius 2 is 1.87 bits per heavy atom. The number of halogens is 2. The smallest absolute Gasteiger partial charge is 0.329 e. The van der Waals surface area contributed by atoms with E-state index in [4.69, 9.17) is 23.2 Å². The van der Waals surface area contributed by atoms with Gasteiger partial charge in [-0.1, -0.05) is 29.3 Å².